The van der Waals surface area contributed by atoms with Crippen molar-refractivity contribution in [3.05, 3.63) is 133 Å². The summed E-state index contributed by atoms with van der Waals surface area (Å²) in [6.07, 6.45) is 3.58. The quantitative estimate of drug-likeness (QED) is 0.137. The van der Waals surface area contributed by atoms with Crippen LogP contribution in [0.3, 0.4) is 0 Å². The predicted molar refractivity (Wildman–Crippen MR) is 166 cm³/mol. The highest BCUT2D eigenvalue weighted by Gasteiger charge is 2.25. The van der Waals surface area contributed by atoms with Crippen LogP contribution < -0.4 is 14.8 Å². The van der Waals surface area contributed by atoms with Crippen LogP contribution in [0, 0.1) is 0 Å². The highest BCUT2D eigenvalue weighted by Crippen LogP contribution is 2.29. The van der Waals surface area contributed by atoms with Crippen LogP contribution in [0.15, 0.2) is 121 Å². The van der Waals surface area contributed by atoms with E-state index in [1.54, 1.807) is 60.3 Å². The molecule has 0 aliphatic heterocycles. The molecule has 4 aromatic carbocycles. The second-order valence-corrected chi connectivity index (χ2v) is 9.42. The zero-order valence-electron chi connectivity index (χ0n) is 23.8. The van der Waals surface area contributed by atoms with Gasteiger partial charge in [-0.2, -0.15) is 5.10 Å². The van der Waals surface area contributed by atoms with Gasteiger partial charge in [0.15, 0.2) is 0 Å². The van der Waals surface area contributed by atoms with E-state index in [0.717, 1.165) is 17.0 Å². The first-order valence-electron chi connectivity index (χ1n) is 13.8. The van der Waals surface area contributed by atoms with E-state index in [0.29, 0.717) is 34.9 Å². The molecule has 0 saturated carbocycles. The van der Waals surface area contributed by atoms with Crippen LogP contribution in [0.4, 0.5) is 5.69 Å². The van der Waals surface area contributed by atoms with Crippen molar-refractivity contribution >= 4 is 23.6 Å². The molecule has 1 aromatic heterocycles. The van der Waals surface area contributed by atoms with Crippen LogP contribution in [0.25, 0.3) is 23.0 Å². The molecule has 1 N–H and O–H groups in total. The van der Waals surface area contributed by atoms with E-state index in [-0.39, 0.29) is 0 Å². The summed E-state index contributed by atoms with van der Waals surface area (Å²) in [5.74, 6) is 0.0602. The van der Waals surface area contributed by atoms with Crippen molar-refractivity contribution in [1.29, 1.82) is 0 Å². The maximum absolute atomic E-state index is 13.4. The topological polar surface area (TPSA) is 91.7 Å². The van der Waals surface area contributed by atoms with Gasteiger partial charge in [-0.25, -0.2) is 9.48 Å². The maximum atomic E-state index is 13.4. The molecule has 0 aliphatic rings. The number of rotatable bonds is 11. The molecule has 1 amide bonds. The molecule has 5 aromatic rings. The molecule has 0 aliphatic carbocycles. The Morgan fingerprint density at radius 3 is 2.26 bits per heavy atom. The molecule has 0 bridgehead atoms. The van der Waals surface area contributed by atoms with Gasteiger partial charge < -0.3 is 19.5 Å². The number of esters is 1. The van der Waals surface area contributed by atoms with Gasteiger partial charge in [0.1, 0.15) is 11.5 Å². The van der Waals surface area contributed by atoms with Crippen LogP contribution in [-0.4, -0.2) is 35.4 Å². The molecule has 0 radical (unpaired) electrons. The van der Waals surface area contributed by atoms with E-state index in [2.05, 4.69) is 5.32 Å². The minimum atomic E-state index is -1.19. The molecule has 0 spiro atoms. The number of benzene rings is 4. The lowest BCUT2D eigenvalue weighted by Gasteiger charge is -2.18. The van der Waals surface area contributed by atoms with Crippen LogP contribution in [0.5, 0.6) is 11.5 Å². The summed E-state index contributed by atoms with van der Waals surface area (Å²) in [6.45, 7) is 2.30. The first-order chi connectivity index (χ1) is 21.1. The predicted octanol–water partition coefficient (Wildman–Crippen LogP) is 6.88. The number of methoxy groups -OCH3 is 1. The van der Waals surface area contributed by atoms with Gasteiger partial charge in [-0.1, -0.05) is 60.7 Å². The van der Waals surface area contributed by atoms with E-state index in [9.17, 15) is 9.59 Å². The highest BCUT2D eigenvalue weighted by molar-refractivity contribution is 5.98. The van der Waals surface area contributed by atoms with Crippen molar-refractivity contribution < 1.29 is 23.8 Å². The third kappa shape index (κ3) is 7.18. The third-order valence-corrected chi connectivity index (χ3v) is 6.54. The summed E-state index contributed by atoms with van der Waals surface area (Å²) in [6, 6.07) is 33.2. The number of hydrogen-bond donors (Lipinski definition) is 1. The van der Waals surface area contributed by atoms with Crippen molar-refractivity contribution in [2.24, 2.45) is 0 Å². The van der Waals surface area contributed by atoms with Gasteiger partial charge in [0.05, 0.1) is 30.8 Å². The zero-order valence-corrected chi connectivity index (χ0v) is 23.8. The summed E-state index contributed by atoms with van der Waals surface area (Å²) in [4.78, 5) is 26.6. The summed E-state index contributed by atoms with van der Waals surface area (Å²) in [5.41, 5.74) is 4.09. The van der Waals surface area contributed by atoms with Gasteiger partial charge in [0.25, 0.3) is 5.91 Å². The molecule has 0 fully saturated rings. The molecular weight excluding hydrogens is 542 g/mol. The fourth-order valence-electron chi connectivity index (χ4n) is 4.46. The molecule has 1 heterocycles. The summed E-state index contributed by atoms with van der Waals surface area (Å²) in [7, 11) is 1.61. The molecule has 216 valence electrons. The summed E-state index contributed by atoms with van der Waals surface area (Å²) < 4.78 is 18.4. The fraction of sp³-hybridized carbons (Fsp3) is 0.114. The number of nitrogens with one attached hydrogen (secondary N) is 1. The molecule has 1 atom stereocenters. The van der Waals surface area contributed by atoms with E-state index in [1.165, 1.54) is 6.08 Å². The Morgan fingerprint density at radius 2 is 1.56 bits per heavy atom. The van der Waals surface area contributed by atoms with E-state index in [4.69, 9.17) is 19.3 Å². The molecule has 0 saturated heterocycles. The average molecular weight is 574 g/mol. The summed E-state index contributed by atoms with van der Waals surface area (Å²) in [5, 5.41) is 7.63. The first kappa shape index (κ1) is 28.9. The van der Waals surface area contributed by atoms with Crippen molar-refractivity contribution in [2.45, 2.75) is 13.0 Å². The Hall–Kier alpha value is -5.63. The third-order valence-electron chi connectivity index (χ3n) is 6.54. The molecule has 43 heavy (non-hydrogen) atoms. The van der Waals surface area contributed by atoms with Crippen LogP contribution in [-0.2, 0) is 14.3 Å². The molecular formula is C35H31N3O5. The Kier molecular flexibility index (Phi) is 9.29. The summed E-state index contributed by atoms with van der Waals surface area (Å²) >= 11 is 0. The van der Waals surface area contributed by atoms with Crippen molar-refractivity contribution in [3.63, 3.8) is 0 Å². The number of nitrogens with zero attached hydrogens (tertiary/aromatic N) is 2. The van der Waals surface area contributed by atoms with Gasteiger partial charge in [0, 0.05) is 29.0 Å². The van der Waals surface area contributed by atoms with Crippen LogP contribution in [0.2, 0.25) is 0 Å². The Bertz CT molecular complexity index is 1700. The monoisotopic (exact) mass is 573 g/mol. The largest absolute Gasteiger partial charge is 0.497 e. The number of para-hydroxylation sites is 3. The van der Waals surface area contributed by atoms with Crippen LogP contribution >= 0.6 is 0 Å². The molecule has 0 unspecified atom stereocenters. The lowest BCUT2D eigenvalue weighted by atomic mass is 10.1. The normalized spacial score (nSPS) is 11.6. The molecule has 5 rings (SSSR count). The van der Waals surface area contributed by atoms with Gasteiger partial charge in [0.2, 0.25) is 6.10 Å². The van der Waals surface area contributed by atoms with E-state index in [1.807, 2.05) is 79.9 Å². The molecule has 8 heteroatoms. The number of amides is 1. The second kappa shape index (κ2) is 13.8. The average Bonchev–Trinajstić information content (AvgIpc) is 3.49. The number of aromatic nitrogens is 2. The standard InChI is InChI=1S/C35H31N3O5/c1-3-42-31-17-11-10-16-30(31)36-35(40)34(26-12-6-4-7-13-26)43-32(39)23-20-27-24-38(28-14-8-5-9-15-28)37-33(27)25-18-21-29(41-2)22-19-25/h4-24,34H,3H2,1-2H3,(H,36,40)/b23-20+/t34-/m0/s1. The van der Waals surface area contributed by atoms with Crippen molar-refractivity contribution in [2.75, 3.05) is 19.0 Å². The fourth-order valence-corrected chi connectivity index (χ4v) is 4.46. The van der Waals surface area contributed by atoms with Gasteiger partial charge in [-0.3, -0.25) is 4.79 Å². The van der Waals surface area contributed by atoms with Gasteiger partial charge in [-0.05, 0) is 61.5 Å². The Balaban J connectivity index is 1.41. The van der Waals surface area contributed by atoms with Gasteiger partial charge >= 0.3 is 5.97 Å². The van der Waals surface area contributed by atoms with Crippen molar-refractivity contribution in [3.8, 4) is 28.4 Å². The highest BCUT2D eigenvalue weighted by atomic mass is 16.5. The zero-order chi connectivity index (χ0) is 30.0. The van der Waals surface area contributed by atoms with E-state index >= 15 is 0 Å². The number of carbonyl (C=O) groups is 2. The van der Waals surface area contributed by atoms with Crippen LogP contribution in [0.1, 0.15) is 24.2 Å². The maximum Gasteiger partial charge on any atom is 0.331 e. The Morgan fingerprint density at radius 1 is 0.884 bits per heavy atom. The SMILES string of the molecule is CCOc1ccccc1NC(=O)[C@@H](OC(=O)/C=C/c1cn(-c2ccccc2)nc1-c1ccc(OC)cc1)c1ccccc1. The first-order valence-corrected chi connectivity index (χ1v) is 13.8. The number of carbonyl (C=O) groups excluding carboxylic acids is 2. The second-order valence-electron chi connectivity index (χ2n) is 9.42. The molecule has 8 nitrogen and oxygen atoms in total. The number of anilines is 1. The number of ether oxygens (including phenoxy) is 3. The number of hydrogen-bond acceptors (Lipinski definition) is 6. The smallest absolute Gasteiger partial charge is 0.331 e. The lowest BCUT2D eigenvalue weighted by Crippen LogP contribution is -2.25. The van der Waals surface area contributed by atoms with E-state index < -0.39 is 18.0 Å². The minimum Gasteiger partial charge on any atom is -0.497 e. The lowest BCUT2D eigenvalue weighted by molar-refractivity contribution is -0.149. The van der Waals surface area contributed by atoms with Gasteiger partial charge in [-0.15, -0.1) is 0 Å². The minimum absolute atomic E-state index is 0.439. The Labute approximate surface area is 250 Å². The van der Waals surface area contributed by atoms with Crippen molar-refractivity contribution in [1.82, 2.24) is 9.78 Å².